The van der Waals surface area contributed by atoms with Gasteiger partial charge in [-0.3, -0.25) is 4.79 Å². The maximum absolute atomic E-state index is 13.6. The van der Waals surface area contributed by atoms with Crippen LogP contribution in [-0.4, -0.2) is 24.0 Å². The summed E-state index contributed by atoms with van der Waals surface area (Å²) in [6.07, 6.45) is 3.67. The van der Waals surface area contributed by atoms with E-state index in [-0.39, 0.29) is 17.8 Å². The first-order chi connectivity index (χ1) is 13.1. The van der Waals surface area contributed by atoms with Gasteiger partial charge in [-0.05, 0) is 67.1 Å². The molecule has 140 valence electrons. The molecule has 1 heterocycles. The summed E-state index contributed by atoms with van der Waals surface area (Å²) in [5, 5.41) is 4.08. The molecule has 0 saturated heterocycles. The van der Waals surface area contributed by atoms with Gasteiger partial charge in [0.05, 0.1) is 7.11 Å². The Bertz CT molecular complexity index is 962. The molecule has 1 amide bonds. The van der Waals surface area contributed by atoms with Crippen molar-refractivity contribution in [1.82, 2.24) is 10.3 Å². The summed E-state index contributed by atoms with van der Waals surface area (Å²) in [6.45, 7) is 0. The second kappa shape index (κ2) is 7.43. The quantitative estimate of drug-likeness (QED) is 0.719. The number of H-pyrrole nitrogens is 1. The van der Waals surface area contributed by atoms with Crippen molar-refractivity contribution in [2.24, 2.45) is 0 Å². The number of aromatic amines is 1. The fourth-order valence-electron chi connectivity index (χ4n) is 3.86. The highest BCUT2D eigenvalue weighted by Crippen LogP contribution is 2.29. The number of methoxy groups -OCH3 is 1. The van der Waals surface area contributed by atoms with Crippen LogP contribution in [0.25, 0.3) is 10.9 Å². The van der Waals surface area contributed by atoms with Gasteiger partial charge in [0.1, 0.15) is 11.6 Å². The van der Waals surface area contributed by atoms with E-state index in [1.807, 2.05) is 24.3 Å². The molecule has 5 heteroatoms. The maximum atomic E-state index is 13.6. The third-order valence-electron chi connectivity index (χ3n) is 5.31. The van der Waals surface area contributed by atoms with Gasteiger partial charge in [-0.25, -0.2) is 4.39 Å². The van der Waals surface area contributed by atoms with Crippen LogP contribution in [0.15, 0.2) is 42.5 Å². The number of carbonyl (C=O) groups is 1. The van der Waals surface area contributed by atoms with Gasteiger partial charge in [-0.2, -0.15) is 0 Å². The topological polar surface area (TPSA) is 54.1 Å². The molecule has 1 unspecified atom stereocenters. The zero-order valence-corrected chi connectivity index (χ0v) is 15.3. The number of fused-ring (bicyclic) bond motifs is 3. The minimum Gasteiger partial charge on any atom is -0.497 e. The number of hydrogen-bond acceptors (Lipinski definition) is 2. The summed E-state index contributed by atoms with van der Waals surface area (Å²) in [5.74, 6) is 0.650. The van der Waals surface area contributed by atoms with Crippen LogP contribution in [0, 0.1) is 5.82 Å². The first-order valence-electron chi connectivity index (χ1n) is 9.33. The van der Waals surface area contributed by atoms with Crippen LogP contribution in [0.5, 0.6) is 5.75 Å². The van der Waals surface area contributed by atoms with Crippen LogP contribution >= 0.6 is 0 Å². The number of amides is 1. The Balaban J connectivity index is 1.37. The van der Waals surface area contributed by atoms with Gasteiger partial charge >= 0.3 is 0 Å². The Kier molecular flexibility index (Phi) is 4.84. The van der Waals surface area contributed by atoms with Crippen molar-refractivity contribution in [3.05, 3.63) is 65.1 Å². The Morgan fingerprint density at radius 1 is 1.26 bits per heavy atom. The van der Waals surface area contributed by atoms with Gasteiger partial charge in [0.15, 0.2) is 0 Å². The highest BCUT2D eigenvalue weighted by molar-refractivity contribution is 5.85. The van der Waals surface area contributed by atoms with Gasteiger partial charge < -0.3 is 15.0 Å². The van der Waals surface area contributed by atoms with E-state index in [1.54, 1.807) is 19.2 Å². The number of benzene rings is 2. The summed E-state index contributed by atoms with van der Waals surface area (Å²) < 4.78 is 18.8. The molecule has 27 heavy (non-hydrogen) atoms. The molecule has 0 aliphatic heterocycles. The van der Waals surface area contributed by atoms with Crippen LogP contribution in [0.1, 0.15) is 29.7 Å². The first-order valence-corrected chi connectivity index (χ1v) is 9.33. The number of nitrogens with one attached hydrogen (secondary N) is 2. The lowest BCUT2D eigenvalue weighted by atomic mass is 9.91. The largest absolute Gasteiger partial charge is 0.497 e. The molecule has 0 bridgehead atoms. The van der Waals surface area contributed by atoms with E-state index in [9.17, 15) is 9.18 Å². The first kappa shape index (κ1) is 17.6. The molecule has 1 aliphatic rings. The van der Waals surface area contributed by atoms with E-state index >= 15 is 0 Å². The number of hydrogen-bond donors (Lipinski definition) is 2. The van der Waals surface area contributed by atoms with Crippen LogP contribution < -0.4 is 10.1 Å². The van der Waals surface area contributed by atoms with Crippen molar-refractivity contribution < 1.29 is 13.9 Å². The lowest BCUT2D eigenvalue weighted by molar-refractivity contribution is -0.121. The van der Waals surface area contributed by atoms with Crippen LogP contribution in [0.2, 0.25) is 0 Å². The predicted molar refractivity (Wildman–Crippen MR) is 104 cm³/mol. The highest BCUT2D eigenvalue weighted by atomic mass is 19.1. The normalized spacial score (nSPS) is 16.1. The molecule has 4 rings (SSSR count). The average molecular weight is 366 g/mol. The average Bonchev–Trinajstić information content (AvgIpc) is 3.04. The molecule has 0 fully saturated rings. The monoisotopic (exact) mass is 366 g/mol. The molecule has 0 spiro atoms. The van der Waals surface area contributed by atoms with E-state index in [1.165, 1.54) is 11.8 Å². The van der Waals surface area contributed by atoms with Crippen molar-refractivity contribution >= 4 is 16.8 Å². The summed E-state index contributed by atoms with van der Waals surface area (Å²) in [6, 6.07) is 12.7. The van der Waals surface area contributed by atoms with Crippen molar-refractivity contribution in [2.75, 3.05) is 7.11 Å². The van der Waals surface area contributed by atoms with Gasteiger partial charge in [0.2, 0.25) is 5.91 Å². The van der Waals surface area contributed by atoms with E-state index in [4.69, 9.17) is 4.74 Å². The Morgan fingerprint density at radius 3 is 2.85 bits per heavy atom. The number of carbonyl (C=O) groups excluding carboxylic acids is 1. The number of ether oxygens (including phenoxy) is 1. The lowest BCUT2D eigenvalue weighted by Crippen LogP contribution is -2.38. The van der Waals surface area contributed by atoms with Gasteiger partial charge in [-0.15, -0.1) is 0 Å². The second-order valence-electron chi connectivity index (χ2n) is 7.13. The molecule has 1 atom stereocenters. The lowest BCUT2D eigenvalue weighted by Gasteiger charge is -2.23. The van der Waals surface area contributed by atoms with Crippen LogP contribution in [0.3, 0.4) is 0 Å². The summed E-state index contributed by atoms with van der Waals surface area (Å²) >= 11 is 0. The molecule has 4 nitrogen and oxygen atoms in total. The predicted octanol–water partition coefficient (Wildman–Crippen LogP) is 3.92. The molecule has 0 saturated carbocycles. The highest BCUT2D eigenvalue weighted by Gasteiger charge is 2.23. The molecule has 0 radical (unpaired) electrons. The smallest absolute Gasteiger partial charge is 0.220 e. The number of aromatic nitrogens is 1. The van der Waals surface area contributed by atoms with Crippen molar-refractivity contribution in [2.45, 2.75) is 38.1 Å². The maximum Gasteiger partial charge on any atom is 0.220 e. The third-order valence-corrected chi connectivity index (χ3v) is 5.31. The fourth-order valence-corrected chi connectivity index (χ4v) is 3.86. The van der Waals surface area contributed by atoms with E-state index < -0.39 is 0 Å². The van der Waals surface area contributed by atoms with E-state index in [0.717, 1.165) is 47.0 Å². The Hall–Kier alpha value is -2.82. The molecular formula is C22H23FN2O2. The zero-order chi connectivity index (χ0) is 18.8. The van der Waals surface area contributed by atoms with Crippen LogP contribution in [-0.2, 0) is 24.1 Å². The van der Waals surface area contributed by atoms with E-state index in [2.05, 4.69) is 10.3 Å². The molecular weight excluding hydrogens is 343 g/mol. The van der Waals surface area contributed by atoms with Crippen molar-refractivity contribution in [3.8, 4) is 5.75 Å². The number of aryl methyl sites for hydroxylation is 2. The van der Waals surface area contributed by atoms with Gasteiger partial charge in [0, 0.05) is 29.1 Å². The summed E-state index contributed by atoms with van der Waals surface area (Å²) in [5.41, 5.74) is 4.38. The molecule has 2 N–H and O–H groups in total. The summed E-state index contributed by atoms with van der Waals surface area (Å²) in [7, 11) is 1.64. The minimum atomic E-state index is -0.227. The van der Waals surface area contributed by atoms with E-state index in [0.29, 0.717) is 12.8 Å². The molecule has 2 aromatic carbocycles. The molecule has 1 aromatic heterocycles. The number of halogens is 1. The van der Waals surface area contributed by atoms with Crippen LogP contribution in [0.4, 0.5) is 4.39 Å². The third kappa shape index (κ3) is 3.82. The zero-order valence-electron chi connectivity index (χ0n) is 15.3. The number of rotatable bonds is 5. The molecule has 1 aliphatic carbocycles. The molecule has 3 aromatic rings. The SMILES string of the molecule is COc1ccc(CCC(=O)NC2CCc3[nH]c4ccc(F)cc4c3C2)cc1. The van der Waals surface area contributed by atoms with Gasteiger partial charge in [-0.1, -0.05) is 12.1 Å². The Labute approximate surface area is 157 Å². The van der Waals surface area contributed by atoms with Crippen molar-refractivity contribution in [1.29, 1.82) is 0 Å². The second-order valence-corrected chi connectivity index (χ2v) is 7.13. The minimum absolute atomic E-state index is 0.0605. The summed E-state index contributed by atoms with van der Waals surface area (Å²) in [4.78, 5) is 15.8. The standard InChI is InChI=1S/C22H23FN2O2/c1-27-17-7-2-14(3-8-17)4-11-22(26)24-16-6-10-21-19(13-16)18-12-15(23)5-9-20(18)25-21/h2-3,5,7-9,12,16,25H,4,6,10-11,13H2,1H3,(H,24,26). The van der Waals surface area contributed by atoms with Gasteiger partial charge in [0.25, 0.3) is 0 Å². The fraction of sp³-hybridized carbons (Fsp3) is 0.318. The Morgan fingerprint density at radius 2 is 2.07 bits per heavy atom. The van der Waals surface area contributed by atoms with Crippen molar-refractivity contribution in [3.63, 3.8) is 0 Å².